The van der Waals surface area contributed by atoms with E-state index in [0.717, 1.165) is 11.1 Å². The molecule has 0 spiro atoms. The molecule has 1 aromatic heterocycles. The first-order chi connectivity index (χ1) is 10.4. The lowest BCUT2D eigenvalue weighted by atomic mass is 9.98. The standard InChI is InChI=1S/C15H19N3O3S/c1-11-4-3-5-13(10-11)14-16-15(21-17-14)12-6-8-18(9-7-12)22(2,19)20/h3-5,10,12H,6-9H2,1-2H3. The molecule has 0 saturated carbocycles. The third kappa shape index (κ3) is 3.20. The quantitative estimate of drug-likeness (QED) is 0.866. The molecule has 0 radical (unpaired) electrons. The summed E-state index contributed by atoms with van der Waals surface area (Å²) in [5, 5.41) is 4.05. The highest BCUT2D eigenvalue weighted by molar-refractivity contribution is 7.88. The Morgan fingerprint density at radius 2 is 2.00 bits per heavy atom. The van der Waals surface area contributed by atoms with Crippen LogP contribution in [0.1, 0.15) is 30.2 Å². The Bertz CT molecular complexity index is 762. The summed E-state index contributed by atoms with van der Waals surface area (Å²) in [6.45, 7) is 3.03. The Hall–Kier alpha value is -1.73. The fourth-order valence-electron chi connectivity index (χ4n) is 2.74. The predicted molar refractivity (Wildman–Crippen MR) is 82.9 cm³/mol. The third-order valence-electron chi connectivity index (χ3n) is 3.99. The summed E-state index contributed by atoms with van der Waals surface area (Å²) < 4.78 is 29.9. The first-order valence-corrected chi connectivity index (χ1v) is 9.14. The Morgan fingerprint density at radius 1 is 1.27 bits per heavy atom. The molecular formula is C15H19N3O3S. The van der Waals surface area contributed by atoms with Gasteiger partial charge in [-0.2, -0.15) is 4.98 Å². The Kier molecular flexibility index (Phi) is 4.01. The number of aromatic nitrogens is 2. The number of benzene rings is 1. The van der Waals surface area contributed by atoms with Gasteiger partial charge in [0.15, 0.2) is 0 Å². The summed E-state index contributed by atoms with van der Waals surface area (Å²) in [6.07, 6.45) is 2.67. The van der Waals surface area contributed by atoms with Crippen LogP contribution in [0.5, 0.6) is 0 Å². The molecule has 2 heterocycles. The largest absolute Gasteiger partial charge is 0.339 e. The van der Waals surface area contributed by atoms with Gasteiger partial charge in [-0.15, -0.1) is 0 Å². The van der Waals surface area contributed by atoms with Crippen LogP contribution in [0.4, 0.5) is 0 Å². The molecule has 118 valence electrons. The Labute approximate surface area is 130 Å². The van der Waals surface area contributed by atoms with Crippen LogP contribution in [0.25, 0.3) is 11.4 Å². The van der Waals surface area contributed by atoms with E-state index in [1.54, 1.807) is 0 Å². The van der Waals surface area contributed by atoms with Crippen LogP contribution in [0.15, 0.2) is 28.8 Å². The van der Waals surface area contributed by atoms with Gasteiger partial charge in [-0.25, -0.2) is 12.7 Å². The van der Waals surface area contributed by atoms with E-state index >= 15 is 0 Å². The summed E-state index contributed by atoms with van der Waals surface area (Å²) in [4.78, 5) is 4.49. The molecule has 1 aliphatic rings. The molecule has 0 atom stereocenters. The maximum absolute atomic E-state index is 11.5. The van der Waals surface area contributed by atoms with E-state index in [1.807, 2.05) is 31.2 Å². The predicted octanol–water partition coefficient (Wildman–Crippen LogP) is 2.18. The highest BCUT2D eigenvalue weighted by Gasteiger charge is 2.29. The molecule has 1 aromatic carbocycles. The zero-order valence-corrected chi connectivity index (χ0v) is 13.5. The Morgan fingerprint density at radius 3 is 2.64 bits per heavy atom. The zero-order chi connectivity index (χ0) is 15.7. The number of sulfonamides is 1. The molecule has 0 aliphatic carbocycles. The summed E-state index contributed by atoms with van der Waals surface area (Å²) in [5.74, 6) is 1.32. The second-order valence-electron chi connectivity index (χ2n) is 5.76. The van der Waals surface area contributed by atoms with Crippen molar-refractivity contribution in [3.63, 3.8) is 0 Å². The summed E-state index contributed by atoms with van der Waals surface area (Å²) in [6, 6.07) is 7.95. The third-order valence-corrected chi connectivity index (χ3v) is 5.29. The van der Waals surface area contributed by atoms with Crippen LogP contribution in [-0.4, -0.2) is 42.2 Å². The van der Waals surface area contributed by atoms with Crippen molar-refractivity contribution < 1.29 is 12.9 Å². The maximum atomic E-state index is 11.5. The molecule has 1 fully saturated rings. The van der Waals surface area contributed by atoms with Gasteiger partial charge in [0.2, 0.25) is 21.7 Å². The van der Waals surface area contributed by atoms with Crippen molar-refractivity contribution in [3.05, 3.63) is 35.7 Å². The molecule has 22 heavy (non-hydrogen) atoms. The van der Waals surface area contributed by atoms with Crippen LogP contribution < -0.4 is 0 Å². The van der Waals surface area contributed by atoms with Crippen molar-refractivity contribution in [2.75, 3.05) is 19.3 Å². The van der Waals surface area contributed by atoms with Gasteiger partial charge in [0.05, 0.1) is 6.26 Å². The van der Waals surface area contributed by atoms with Gasteiger partial charge in [0.1, 0.15) is 0 Å². The lowest BCUT2D eigenvalue weighted by Gasteiger charge is -2.28. The summed E-state index contributed by atoms with van der Waals surface area (Å²) >= 11 is 0. The molecule has 1 saturated heterocycles. The minimum absolute atomic E-state index is 0.129. The minimum atomic E-state index is -3.11. The van der Waals surface area contributed by atoms with Gasteiger partial charge in [-0.3, -0.25) is 0 Å². The van der Waals surface area contributed by atoms with Crippen LogP contribution in [0.2, 0.25) is 0 Å². The van der Waals surface area contributed by atoms with Gasteiger partial charge in [0.25, 0.3) is 0 Å². The van der Waals surface area contributed by atoms with E-state index in [1.165, 1.54) is 10.6 Å². The fourth-order valence-corrected chi connectivity index (χ4v) is 3.61. The van der Waals surface area contributed by atoms with Crippen molar-refractivity contribution in [1.29, 1.82) is 0 Å². The molecule has 7 heteroatoms. The number of aryl methyl sites for hydroxylation is 1. The average molecular weight is 321 g/mol. The van der Waals surface area contributed by atoms with Crippen molar-refractivity contribution in [1.82, 2.24) is 14.4 Å². The van der Waals surface area contributed by atoms with Crippen molar-refractivity contribution >= 4 is 10.0 Å². The van der Waals surface area contributed by atoms with Gasteiger partial charge in [0, 0.05) is 24.6 Å². The van der Waals surface area contributed by atoms with E-state index in [2.05, 4.69) is 10.1 Å². The second kappa shape index (κ2) is 5.81. The van der Waals surface area contributed by atoms with Crippen LogP contribution in [0, 0.1) is 6.92 Å². The average Bonchev–Trinajstić information content (AvgIpc) is 2.96. The minimum Gasteiger partial charge on any atom is -0.339 e. The lowest BCUT2D eigenvalue weighted by Crippen LogP contribution is -2.37. The molecule has 0 N–H and O–H groups in total. The monoisotopic (exact) mass is 321 g/mol. The van der Waals surface area contributed by atoms with Crippen LogP contribution >= 0.6 is 0 Å². The molecule has 0 bridgehead atoms. The number of hydrogen-bond donors (Lipinski definition) is 0. The SMILES string of the molecule is Cc1cccc(-c2noc(C3CCN(S(C)(=O)=O)CC3)n2)c1. The van der Waals surface area contributed by atoms with Crippen LogP contribution in [-0.2, 0) is 10.0 Å². The first kappa shape index (κ1) is 15.2. The highest BCUT2D eigenvalue weighted by atomic mass is 32.2. The first-order valence-electron chi connectivity index (χ1n) is 7.29. The summed E-state index contributed by atoms with van der Waals surface area (Å²) in [7, 11) is -3.11. The second-order valence-corrected chi connectivity index (χ2v) is 7.74. The number of nitrogens with zero attached hydrogens (tertiary/aromatic N) is 3. The lowest BCUT2D eigenvalue weighted by molar-refractivity contribution is 0.271. The number of rotatable bonds is 3. The van der Waals surface area contributed by atoms with E-state index in [9.17, 15) is 8.42 Å². The molecule has 2 aromatic rings. The maximum Gasteiger partial charge on any atom is 0.230 e. The Balaban J connectivity index is 1.73. The fraction of sp³-hybridized carbons (Fsp3) is 0.467. The smallest absolute Gasteiger partial charge is 0.230 e. The van der Waals surface area contributed by atoms with E-state index in [0.29, 0.717) is 37.6 Å². The molecule has 1 aliphatic heterocycles. The summed E-state index contributed by atoms with van der Waals surface area (Å²) in [5.41, 5.74) is 2.08. The molecule has 0 unspecified atom stereocenters. The molecule has 6 nitrogen and oxygen atoms in total. The highest BCUT2D eigenvalue weighted by Crippen LogP contribution is 2.29. The van der Waals surface area contributed by atoms with Crippen molar-refractivity contribution in [3.8, 4) is 11.4 Å². The topological polar surface area (TPSA) is 76.3 Å². The number of piperidine rings is 1. The van der Waals surface area contributed by atoms with Gasteiger partial charge in [-0.05, 0) is 25.8 Å². The van der Waals surface area contributed by atoms with Gasteiger partial charge >= 0.3 is 0 Å². The van der Waals surface area contributed by atoms with E-state index < -0.39 is 10.0 Å². The molecule has 0 amide bonds. The van der Waals surface area contributed by atoms with Gasteiger partial charge < -0.3 is 4.52 Å². The van der Waals surface area contributed by atoms with E-state index in [4.69, 9.17) is 4.52 Å². The normalized spacial score (nSPS) is 17.7. The molecular weight excluding hydrogens is 302 g/mol. The van der Waals surface area contributed by atoms with Gasteiger partial charge in [-0.1, -0.05) is 28.9 Å². The molecule has 3 rings (SSSR count). The van der Waals surface area contributed by atoms with Crippen molar-refractivity contribution in [2.45, 2.75) is 25.7 Å². The van der Waals surface area contributed by atoms with E-state index in [-0.39, 0.29) is 5.92 Å². The van der Waals surface area contributed by atoms with Crippen LogP contribution in [0.3, 0.4) is 0 Å². The van der Waals surface area contributed by atoms with Crippen molar-refractivity contribution in [2.24, 2.45) is 0 Å². The zero-order valence-electron chi connectivity index (χ0n) is 12.7. The number of hydrogen-bond acceptors (Lipinski definition) is 5.